The lowest BCUT2D eigenvalue weighted by molar-refractivity contribution is 0.0940. The second-order valence-corrected chi connectivity index (χ2v) is 10.6. The number of amides is 1. The van der Waals surface area contributed by atoms with Gasteiger partial charge >= 0.3 is 0 Å². The third-order valence-corrected chi connectivity index (χ3v) is 8.23. The Morgan fingerprint density at radius 3 is 2.24 bits per heavy atom. The summed E-state index contributed by atoms with van der Waals surface area (Å²) < 4.78 is 32.2. The van der Waals surface area contributed by atoms with Crippen molar-refractivity contribution in [3.05, 3.63) is 89.0 Å². The van der Waals surface area contributed by atoms with Crippen LogP contribution in [0.1, 0.15) is 52.9 Å². The number of fused-ring (bicyclic) bond motifs is 1. The fourth-order valence-electron chi connectivity index (χ4n) is 4.25. The molecular formula is C27H30N2O4S. The summed E-state index contributed by atoms with van der Waals surface area (Å²) in [6.07, 6.45) is 4.68. The number of ether oxygens (including phenoxy) is 1. The van der Waals surface area contributed by atoms with E-state index in [1.54, 1.807) is 36.4 Å². The van der Waals surface area contributed by atoms with E-state index in [0.29, 0.717) is 17.0 Å². The normalized spacial score (nSPS) is 14.1. The predicted molar refractivity (Wildman–Crippen MR) is 134 cm³/mol. The molecule has 1 atom stereocenters. The van der Waals surface area contributed by atoms with Gasteiger partial charge in [-0.1, -0.05) is 18.2 Å². The van der Waals surface area contributed by atoms with E-state index in [0.717, 1.165) is 18.4 Å². The van der Waals surface area contributed by atoms with Crippen LogP contribution in [-0.2, 0) is 22.9 Å². The van der Waals surface area contributed by atoms with Gasteiger partial charge in [-0.05, 0) is 97.8 Å². The van der Waals surface area contributed by atoms with Gasteiger partial charge in [-0.15, -0.1) is 0 Å². The second-order valence-electron chi connectivity index (χ2n) is 8.63. The first-order chi connectivity index (χ1) is 16.3. The van der Waals surface area contributed by atoms with E-state index >= 15 is 0 Å². The molecule has 3 aromatic carbocycles. The zero-order chi connectivity index (χ0) is 24.3. The molecule has 7 heteroatoms. The van der Waals surface area contributed by atoms with Gasteiger partial charge in [0.15, 0.2) is 0 Å². The van der Waals surface area contributed by atoms with Gasteiger partial charge in [-0.25, -0.2) is 8.42 Å². The van der Waals surface area contributed by atoms with Crippen LogP contribution >= 0.6 is 0 Å². The maximum atomic E-state index is 13.0. The molecule has 0 saturated heterocycles. The molecule has 0 bridgehead atoms. The van der Waals surface area contributed by atoms with E-state index < -0.39 is 10.0 Å². The number of aryl methyl sites for hydroxylation is 2. The lowest BCUT2D eigenvalue weighted by Crippen LogP contribution is -2.28. The summed E-state index contributed by atoms with van der Waals surface area (Å²) in [6.45, 7) is 1.98. The van der Waals surface area contributed by atoms with Crippen molar-refractivity contribution >= 4 is 21.6 Å². The molecular weight excluding hydrogens is 448 g/mol. The summed E-state index contributed by atoms with van der Waals surface area (Å²) in [4.78, 5) is 13.0. The lowest BCUT2D eigenvalue weighted by Gasteiger charge is -2.21. The van der Waals surface area contributed by atoms with Crippen molar-refractivity contribution in [1.82, 2.24) is 5.32 Å². The quantitative estimate of drug-likeness (QED) is 0.525. The Hall–Kier alpha value is -3.32. The molecule has 1 unspecified atom stereocenters. The van der Waals surface area contributed by atoms with Gasteiger partial charge in [0.25, 0.3) is 15.9 Å². The summed E-state index contributed by atoms with van der Waals surface area (Å²) in [5.41, 5.74) is 4.84. The SMILES string of the molecule is COc1ccc(S(=O)(=O)N(C)c2ccc(C(=O)NC(C)c3ccc4c(c3)CCCC4)cc2)cc1. The van der Waals surface area contributed by atoms with Crippen LogP contribution in [0.3, 0.4) is 0 Å². The predicted octanol–water partition coefficient (Wildman–Crippen LogP) is 4.89. The molecule has 34 heavy (non-hydrogen) atoms. The van der Waals surface area contributed by atoms with Crippen molar-refractivity contribution < 1.29 is 17.9 Å². The summed E-state index contributed by atoms with van der Waals surface area (Å²) in [6, 6.07) is 19.2. The molecule has 4 rings (SSSR count). The van der Waals surface area contributed by atoms with Crippen molar-refractivity contribution in [3.63, 3.8) is 0 Å². The molecule has 1 aliphatic rings. The Labute approximate surface area is 201 Å². The number of nitrogens with zero attached hydrogens (tertiary/aromatic N) is 1. The molecule has 3 aromatic rings. The number of sulfonamides is 1. The highest BCUT2D eigenvalue weighted by atomic mass is 32.2. The fourth-order valence-corrected chi connectivity index (χ4v) is 5.45. The number of carbonyl (C=O) groups excluding carboxylic acids is 1. The minimum absolute atomic E-state index is 0.127. The third kappa shape index (κ3) is 4.94. The molecule has 0 fully saturated rings. The van der Waals surface area contributed by atoms with Crippen LogP contribution in [0, 0.1) is 0 Å². The average Bonchev–Trinajstić information content (AvgIpc) is 2.88. The van der Waals surface area contributed by atoms with Gasteiger partial charge in [0.1, 0.15) is 5.75 Å². The van der Waals surface area contributed by atoms with Gasteiger partial charge in [0.05, 0.1) is 23.7 Å². The van der Waals surface area contributed by atoms with Crippen molar-refractivity contribution in [2.75, 3.05) is 18.5 Å². The highest BCUT2D eigenvalue weighted by Crippen LogP contribution is 2.26. The Bertz CT molecular complexity index is 1270. The zero-order valence-corrected chi connectivity index (χ0v) is 20.6. The summed E-state index contributed by atoms with van der Waals surface area (Å²) in [5.74, 6) is 0.388. The van der Waals surface area contributed by atoms with E-state index in [1.165, 1.54) is 54.6 Å². The van der Waals surface area contributed by atoms with Gasteiger partial charge in [0, 0.05) is 12.6 Å². The molecule has 178 valence electrons. The summed E-state index contributed by atoms with van der Waals surface area (Å²) in [5, 5.41) is 3.05. The number of carbonyl (C=O) groups is 1. The third-order valence-electron chi connectivity index (χ3n) is 6.43. The van der Waals surface area contributed by atoms with Crippen LogP contribution in [0.5, 0.6) is 5.75 Å². The number of methoxy groups -OCH3 is 1. The number of nitrogens with one attached hydrogen (secondary N) is 1. The van der Waals surface area contributed by atoms with E-state index in [1.807, 2.05) is 6.92 Å². The number of benzene rings is 3. The lowest BCUT2D eigenvalue weighted by atomic mass is 9.89. The zero-order valence-electron chi connectivity index (χ0n) is 19.7. The average molecular weight is 479 g/mol. The Morgan fingerprint density at radius 1 is 0.941 bits per heavy atom. The van der Waals surface area contributed by atoms with Crippen molar-refractivity contribution in [3.8, 4) is 5.75 Å². The highest BCUT2D eigenvalue weighted by molar-refractivity contribution is 7.92. The molecule has 1 N–H and O–H groups in total. The molecule has 0 saturated carbocycles. The standard InChI is InChI=1S/C27H30N2O4S/c1-19(22-9-8-20-6-4-5-7-23(20)18-22)28-27(30)21-10-12-24(13-11-21)29(2)34(31,32)26-16-14-25(33-3)15-17-26/h8-19H,4-7H2,1-3H3,(H,28,30). The van der Waals surface area contributed by atoms with Gasteiger partial charge in [-0.2, -0.15) is 0 Å². The van der Waals surface area contributed by atoms with Crippen LogP contribution in [0.4, 0.5) is 5.69 Å². The number of anilines is 1. The molecule has 0 radical (unpaired) electrons. The number of rotatable bonds is 7. The smallest absolute Gasteiger partial charge is 0.264 e. The van der Waals surface area contributed by atoms with Crippen LogP contribution in [0.2, 0.25) is 0 Å². The van der Waals surface area contributed by atoms with Crippen LogP contribution in [0.25, 0.3) is 0 Å². The Kier molecular flexibility index (Phi) is 6.93. The molecule has 6 nitrogen and oxygen atoms in total. The van der Waals surface area contributed by atoms with Crippen LogP contribution in [0.15, 0.2) is 71.6 Å². The van der Waals surface area contributed by atoms with Crippen molar-refractivity contribution in [1.29, 1.82) is 0 Å². The Morgan fingerprint density at radius 2 is 1.59 bits per heavy atom. The van der Waals surface area contributed by atoms with E-state index in [9.17, 15) is 13.2 Å². The first-order valence-corrected chi connectivity index (χ1v) is 12.9. The van der Waals surface area contributed by atoms with Gasteiger partial charge < -0.3 is 10.1 Å². The van der Waals surface area contributed by atoms with E-state index in [-0.39, 0.29) is 16.8 Å². The minimum atomic E-state index is -3.74. The minimum Gasteiger partial charge on any atom is -0.497 e. The molecule has 0 aliphatic heterocycles. The Balaban J connectivity index is 1.44. The first kappa shape index (κ1) is 23.8. The maximum Gasteiger partial charge on any atom is 0.264 e. The van der Waals surface area contributed by atoms with Crippen molar-refractivity contribution in [2.45, 2.75) is 43.5 Å². The molecule has 0 heterocycles. The van der Waals surface area contributed by atoms with Gasteiger partial charge in [-0.3, -0.25) is 9.10 Å². The molecule has 0 aromatic heterocycles. The maximum absolute atomic E-state index is 13.0. The number of hydrogen-bond acceptors (Lipinski definition) is 4. The van der Waals surface area contributed by atoms with E-state index in [2.05, 4.69) is 23.5 Å². The highest BCUT2D eigenvalue weighted by Gasteiger charge is 2.22. The molecule has 1 aliphatic carbocycles. The molecule has 1 amide bonds. The van der Waals surface area contributed by atoms with Gasteiger partial charge in [0.2, 0.25) is 0 Å². The number of hydrogen-bond donors (Lipinski definition) is 1. The summed E-state index contributed by atoms with van der Waals surface area (Å²) in [7, 11) is -0.714. The fraction of sp³-hybridized carbons (Fsp3) is 0.296. The summed E-state index contributed by atoms with van der Waals surface area (Å²) >= 11 is 0. The monoisotopic (exact) mass is 478 g/mol. The van der Waals surface area contributed by atoms with E-state index in [4.69, 9.17) is 4.74 Å². The van der Waals surface area contributed by atoms with Crippen molar-refractivity contribution in [2.24, 2.45) is 0 Å². The van der Waals surface area contributed by atoms with Crippen LogP contribution in [-0.4, -0.2) is 28.5 Å². The van der Waals surface area contributed by atoms with Crippen LogP contribution < -0.4 is 14.4 Å². The first-order valence-electron chi connectivity index (χ1n) is 11.4. The largest absolute Gasteiger partial charge is 0.497 e. The topological polar surface area (TPSA) is 75.7 Å². The second kappa shape index (κ2) is 9.89. The molecule has 0 spiro atoms.